The quantitative estimate of drug-likeness (QED) is 0.607. The van der Waals surface area contributed by atoms with Crippen molar-refractivity contribution in [2.75, 3.05) is 27.9 Å². The number of carbonyl (C=O) groups is 1. The predicted octanol–water partition coefficient (Wildman–Crippen LogP) is 3.18. The van der Waals surface area contributed by atoms with E-state index < -0.39 is 0 Å². The van der Waals surface area contributed by atoms with Gasteiger partial charge >= 0.3 is 0 Å². The van der Waals surface area contributed by atoms with Crippen LogP contribution in [0.5, 0.6) is 11.5 Å². The second kappa shape index (κ2) is 8.99. The van der Waals surface area contributed by atoms with E-state index in [9.17, 15) is 9.18 Å². The summed E-state index contributed by atoms with van der Waals surface area (Å²) in [7, 11) is 4.80. The van der Waals surface area contributed by atoms with Gasteiger partial charge in [0.2, 0.25) is 0 Å². The van der Waals surface area contributed by atoms with Crippen molar-refractivity contribution >= 4 is 27.5 Å². The molecule has 3 rings (SSSR count). The van der Waals surface area contributed by atoms with E-state index >= 15 is 0 Å². The molecule has 0 radical (unpaired) electrons. The third-order valence-corrected chi connectivity index (χ3v) is 5.29. The van der Waals surface area contributed by atoms with Crippen LogP contribution in [0.2, 0.25) is 0 Å². The maximum Gasteiger partial charge on any atom is 0.252 e. The third kappa shape index (κ3) is 4.23. The van der Waals surface area contributed by atoms with Crippen LogP contribution in [0.1, 0.15) is 5.56 Å². The Morgan fingerprint density at radius 2 is 1.75 bits per heavy atom. The first-order valence-corrected chi connectivity index (χ1v) is 9.44. The standard InChI is InChI=1S/C20H21FN2O4S/c1-25-11-10-23-18-15(26-2)8-9-16(27-3)19(18)28-20(23)22-17(24)12-13-4-6-14(21)7-5-13/h4-9H,10-12H2,1-3H3. The molecule has 0 bridgehead atoms. The van der Waals surface area contributed by atoms with Crippen LogP contribution in [-0.2, 0) is 22.5 Å². The maximum absolute atomic E-state index is 13.1. The maximum atomic E-state index is 13.1. The number of nitrogens with zero attached hydrogens (tertiary/aromatic N) is 2. The van der Waals surface area contributed by atoms with E-state index in [4.69, 9.17) is 14.2 Å². The second-order valence-corrected chi connectivity index (χ2v) is 6.96. The second-order valence-electron chi connectivity index (χ2n) is 5.99. The minimum atomic E-state index is -0.339. The van der Waals surface area contributed by atoms with Crippen molar-refractivity contribution in [2.45, 2.75) is 13.0 Å². The fourth-order valence-corrected chi connectivity index (χ4v) is 4.03. The molecule has 0 unspecified atom stereocenters. The van der Waals surface area contributed by atoms with E-state index in [2.05, 4.69) is 4.99 Å². The molecule has 1 heterocycles. The Labute approximate surface area is 165 Å². The average molecular weight is 404 g/mol. The van der Waals surface area contributed by atoms with E-state index in [0.717, 1.165) is 10.2 Å². The van der Waals surface area contributed by atoms with Crippen LogP contribution in [0.15, 0.2) is 41.4 Å². The summed E-state index contributed by atoms with van der Waals surface area (Å²) < 4.78 is 32.0. The molecular weight excluding hydrogens is 383 g/mol. The summed E-state index contributed by atoms with van der Waals surface area (Å²) in [6.07, 6.45) is 0.0904. The average Bonchev–Trinajstić information content (AvgIpc) is 3.05. The van der Waals surface area contributed by atoms with Crippen molar-refractivity contribution in [2.24, 2.45) is 4.99 Å². The number of aromatic nitrogens is 1. The van der Waals surface area contributed by atoms with Crippen molar-refractivity contribution in [3.05, 3.63) is 52.6 Å². The van der Waals surface area contributed by atoms with E-state index in [1.807, 2.05) is 16.7 Å². The monoisotopic (exact) mass is 404 g/mol. The van der Waals surface area contributed by atoms with Crippen LogP contribution in [0.3, 0.4) is 0 Å². The molecule has 0 aliphatic rings. The van der Waals surface area contributed by atoms with Crippen molar-refractivity contribution in [3.8, 4) is 11.5 Å². The number of thiazole rings is 1. The summed E-state index contributed by atoms with van der Waals surface area (Å²) in [6.45, 7) is 0.953. The zero-order chi connectivity index (χ0) is 20.1. The van der Waals surface area contributed by atoms with Gasteiger partial charge in [0, 0.05) is 13.7 Å². The predicted molar refractivity (Wildman–Crippen MR) is 105 cm³/mol. The summed E-state index contributed by atoms with van der Waals surface area (Å²) >= 11 is 1.35. The lowest BCUT2D eigenvalue weighted by Crippen LogP contribution is -2.20. The first-order chi connectivity index (χ1) is 13.6. The van der Waals surface area contributed by atoms with Gasteiger partial charge < -0.3 is 18.8 Å². The normalized spacial score (nSPS) is 11.8. The molecule has 148 valence electrons. The number of carbonyl (C=O) groups excluding carboxylic acids is 1. The van der Waals surface area contributed by atoms with E-state index in [1.54, 1.807) is 33.5 Å². The third-order valence-electron chi connectivity index (χ3n) is 4.20. The molecular formula is C20H21FN2O4S. The lowest BCUT2D eigenvalue weighted by atomic mass is 10.1. The molecule has 1 aromatic heterocycles. The molecule has 0 atom stereocenters. The summed E-state index contributed by atoms with van der Waals surface area (Å²) in [4.78, 5) is 17.3. The SMILES string of the molecule is COCCn1c(=NC(=O)Cc2ccc(F)cc2)sc2c(OC)ccc(OC)c21. The zero-order valence-corrected chi connectivity index (χ0v) is 16.7. The minimum Gasteiger partial charge on any atom is -0.495 e. The summed E-state index contributed by atoms with van der Waals surface area (Å²) in [5, 5.41) is 0. The van der Waals surface area contributed by atoms with Crippen LogP contribution in [0, 0.1) is 5.82 Å². The molecule has 0 saturated carbocycles. The molecule has 8 heteroatoms. The van der Waals surface area contributed by atoms with Crippen LogP contribution in [0.25, 0.3) is 10.2 Å². The topological polar surface area (TPSA) is 62.1 Å². The fraction of sp³-hybridized carbons (Fsp3) is 0.300. The number of benzene rings is 2. The number of fused-ring (bicyclic) bond motifs is 1. The number of hydrogen-bond donors (Lipinski definition) is 0. The van der Waals surface area contributed by atoms with Crippen LogP contribution in [-0.4, -0.2) is 38.4 Å². The molecule has 0 aliphatic carbocycles. The summed E-state index contributed by atoms with van der Waals surface area (Å²) in [6, 6.07) is 9.47. The van der Waals surface area contributed by atoms with Crippen molar-refractivity contribution in [1.29, 1.82) is 0 Å². The van der Waals surface area contributed by atoms with Crippen LogP contribution >= 0.6 is 11.3 Å². The number of hydrogen-bond acceptors (Lipinski definition) is 5. The van der Waals surface area contributed by atoms with E-state index in [0.29, 0.717) is 35.0 Å². The molecule has 6 nitrogen and oxygen atoms in total. The van der Waals surface area contributed by atoms with Gasteiger partial charge in [0.05, 0.1) is 27.2 Å². The van der Waals surface area contributed by atoms with Gasteiger partial charge in [-0.25, -0.2) is 4.39 Å². The highest BCUT2D eigenvalue weighted by Gasteiger charge is 2.16. The minimum absolute atomic E-state index is 0.0904. The van der Waals surface area contributed by atoms with Gasteiger partial charge in [-0.3, -0.25) is 4.79 Å². The Kier molecular flexibility index (Phi) is 6.43. The Hall–Kier alpha value is -2.71. The summed E-state index contributed by atoms with van der Waals surface area (Å²) in [5.74, 6) is 0.687. The zero-order valence-electron chi connectivity index (χ0n) is 15.9. The number of halogens is 1. The van der Waals surface area contributed by atoms with Crippen molar-refractivity contribution < 1.29 is 23.4 Å². The van der Waals surface area contributed by atoms with Crippen molar-refractivity contribution in [1.82, 2.24) is 4.57 Å². The highest BCUT2D eigenvalue weighted by Crippen LogP contribution is 2.35. The Balaban J connectivity index is 2.08. The molecule has 2 aromatic carbocycles. The number of methoxy groups -OCH3 is 3. The number of amides is 1. The van der Waals surface area contributed by atoms with Gasteiger partial charge in [-0.15, -0.1) is 0 Å². The molecule has 28 heavy (non-hydrogen) atoms. The number of rotatable bonds is 7. The first-order valence-electron chi connectivity index (χ1n) is 8.62. The highest BCUT2D eigenvalue weighted by atomic mass is 32.1. The lowest BCUT2D eigenvalue weighted by Gasteiger charge is -2.09. The van der Waals surface area contributed by atoms with Gasteiger partial charge in [-0.05, 0) is 29.8 Å². The molecule has 0 N–H and O–H groups in total. The smallest absolute Gasteiger partial charge is 0.252 e. The molecule has 0 fully saturated rings. The Morgan fingerprint density at radius 1 is 1.07 bits per heavy atom. The molecule has 3 aromatic rings. The Morgan fingerprint density at radius 3 is 2.39 bits per heavy atom. The highest BCUT2D eigenvalue weighted by molar-refractivity contribution is 7.16. The van der Waals surface area contributed by atoms with Crippen LogP contribution < -0.4 is 14.3 Å². The molecule has 1 amide bonds. The van der Waals surface area contributed by atoms with E-state index in [-0.39, 0.29) is 18.1 Å². The van der Waals surface area contributed by atoms with Crippen LogP contribution in [0.4, 0.5) is 4.39 Å². The molecule has 0 spiro atoms. The van der Waals surface area contributed by atoms with Gasteiger partial charge in [0.15, 0.2) is 4.80 Å². The van der Waals surface area contributed by atoms with Gasteiger partial charge in [0.25, 0.3) is 5.91 Å². The summed E-state index contributed by atoms with van der Waals surface area (Å²) in [5.41, 5.74) is 1.51. The molecule has 0 saturated heterocycles. The van der Waals surface area contributed by atoms with Gasteiger partial charge in [0.1, 0.15) is 27.5 Å². The Bertz CT molecular complexity index is 1040. The molecule has 0 aliphatic heterocycles. The van der Waals surface area contributed by atoms with Gasteiger partial charge in [-0.2, -0.15) is 4.99 Å². The van der Waals surface area contributed by atoms with Crippen molar-refractivity contribution in [3.63, 3.8) is 0 Å². The van der Waals surface area contributed by atoms with Gasteiger partial charge in [-0.1, -0.05) is 23.5 Å². The van der Waals surface area contributed by atoms with E-state index in [1.165, 1.54) is 23.5 Å². The largest absolute Gasteiger partial charge is 0.495 e. The first kappa shape index (κ1) is 20.0. The fourth-order valence-electron chi connectivity index (χ4n) is 2.85. The lowest BCUT2D eigenvalue weighted by molar-refractivity contribution is -0.117. The number of ether oxygens (including phenoxy) is 3.